The van der Waals surface area contributed by atoms with Crippen LogP contribution in [0.1, 0.15) is 16.5 Å². The number of carbonyl (C=O) groups is 1. The Morgan fingerprint density at radius 1 is 1.17 bits per heavy atom. The molecule has 0 N–H and O–H groups in total. The number of carbonyl (C=O) groups excluding carboxylic acids is 1. The van der Waals surface area contributed by atoms with Crippen molar-refractivity contribution < 1.29 is 18.7 Å². The minimum atomic E-state index is -0.300. The average molecular weight is 347 g/mol. The Balaban J connectivity index is 1.90. The molecule has 0 bridgehead atoms. The van der Waals surface area contributed by atoms with Crippen molar-refractivity contribution in [3.8, 4) is 11.5 Å². The van der Waals surface area contributed by atoms with Crippen LogP contribution in [0.2, 0.25) is 0 Å². The van der Waals surface area contributed by atoms with E-state index in [2.05, 4.69) is 0 Å². The van der Waals surface area contributed by atoms with E-state index in [1.807, 2.05) is 18.2 Å². The molecule has 1 amide bonds. The Kier molecular flexibility index (Phi) is 4.94. The molecule has 1 fully saturated rings. The number of methoxy groups -OCH3 is 2. The van der Waals surface area contributed by atoms with Gasteiger partial charge in [0.1, 0.15) is 22.7 Å². The zero-order chi connectivity index (χ0) is 17.1. The van der Waals surface area contributed by atoms with Gasteiger partial charge >= 0.3 is 0 Å². The normalized spacial score (nSPS) is 17.2. The molecule has 1 atom stereocenters. The van der Waals surface area contributed by atoms with Gasteiger partial charge in [0.25, 0.3) is 0 Å². The summed E-state index contributed by atoms with van der Waals surface area (Å²) in [5, 5.41) is -0.148. The summed E-state index contributed by atoms with van der Waals surface area (Å²) in [6.07, 6.45) is 0. The van der Waals surface area contributed by atoms with E-state index in [1.54, 1.807) is 43.0 Å². The summed E-state index contributed by atoms with van der Waals surface area (Å²) in [5.74, 6) is 1.49. The molecule has 0 saturated carbocycles. The molecule has 0 aromatic heterocycles. The van der Waals surface area contributed by atoms with Crippen LogP contribution in [-0.4, -0.2) is 30.8 Å². The van der Waals surface area contributed by atoms with E-state index >= 15 is 0 Å². The standard InChI is InChI=1S/C18H18FNO3S/c1-22-15-7-13(8-16(9-15)23-2)18-20(17(21)11-24-18)10-12-4-3-5-14(19)6-12/h3-9,18H,10-11H2,1-2H3. The zero-order valence-corrected chi connectivity index (χ0v) is 14.3. The molecular formula is C18H18FNO3S. The van der Waals surface area contributed by atoms with Gasteiger partial charge in [0, 0.05) is 12.6 Å². The molecule has 1 aliphatic heterocycles. The van der Waals surface area contributed by atoms with E-state index in [0.29, 0.717) is 23.8 Å². The van der Waals surface area contributed by atoms with E-state index in [-0.39, 0.29) is 17.1 Å². The molecular weight excluding hydrogens is 329 g/mol. The number of ether oxygens (including phenoxy) is 2. The molecule has 3 rings (SSSR count). The third-order valence-corrected chi connectivity index (χ3v) is 5.12. The molecule has 1 aliphatic rings. The van der Waals surface area contributed by atoms with Crippen molar-refractivity contribution in [1.82, 2.24) is 4.90 Å². The highest BCUT2D eigenvalue weighted by Gasteiger charge is 2.33. The number of amides is 1. The molecule has 1 saturated heterocycles. The van der Waals surface area contributed by atoms with Gasteiger partial charge in [-0.15, -0.1) is 11.8 Å². The van der Waals surface area contributed by atoms with Gasteiger partial charge < -0.3 is 14.4 Å². The van der Waals surface area contributed by atoms with Crippen molar-refractivity contribution in [1.29, 1.82) is 0 Å². The highest BCUT2D eigenvalue weighted by Crippen LogP contribution is 2.41. The summed E-state index contributed by atoms with van der Waals surface area (Å²) in [6.45, 7) is 0.369. The van der Waals surface area contributed by atoms with Crippen LogP contribution in [0.15, 0.2) is 42.5 Å². The molecule has 0 spiro atoms. The van der Waals surface area contributed by atoms with Gasteiger partial charge in [-0.3, -0.25) is 4.79 Å². The van der Waals surface area contributed by atoms with Crippen molar-refractivity contribution in [2.45, 2.75) is 11.9 Å². The highest BCUT2D eigenvalue weighted by atomic mass is 32.2. The lowest BCUT2D eigenvalue weighted by Crippen LogP contribution is -2.27. The van der Waals surface area contributed by atoms with Gasteiger partial charge in [0.05, 0.1) is 20.0 Å². The number of rotatable bonds is 5. The smallest absolute Gasteiger partial charge is 0.234 e. The summed E-state index contributed by atoms with van der Waals surface area (Å²) >= 11 is 1.55. The Bertz CT molecular complexity index is 731. The van der Waals surface area contributed by atoms with Crippen LogP contribution in [-0.2, 0) is 11.3 Å². The highest BCUT2D eigenvalue weighted by molar-refractivity contribution is 8.00. The lowest BCUT2D eigenvalue weighted by molar-refractivity contribution is -0.128. The van der Waals surface area contributed by atoms with Crippen molar-refractivity contribution in [3.05, 3.63) is 59.4 Å². The minimum Gasteiger partial charge on any atom is -0.497 e. The van der Waals surface area contributed by atoms with Crippen LogP contribution in [0, 0.1) is 5.82 Å². The van der Waals surface area contributed by atoms with Crippen LogP contribution in [0.4, 0.5) is 4.39 Å². The zero-order valence-electron chi connectivity index (χ0n) is 13.5. The molecule has 2 aromatic rings. The van der Waals surface area contributed by atoms with E-state index in [1.165, 1.54) is 12.1 Å². The van der Waals surface area contributed by atoms with Crippen molar-refractivity contribution in [2.24, 2.45) is 0 Å². The quantitative estimate of drug-likeness (QED) is 0.828. The summed E-state index contributed by atoms with van der Waals surface area (Å²) < 4.78 is 24.0. The minimum absolute atomic E-state index is 0.0380. The summed E-state index contributed by atoms with van der Waals surface area (Å²) in [5.41, 5.74) is 1.70. The Morgan fingerprint density at radius 3 is 2.50 bits per heavy atom. The van der Waals surface area contributed by atoms with Gasteiger partial charge in [0.15, 0.2) is 0 Å². The fraction of sp³-hybridized carbons (Fsp3) is 0.278. The predicted molar refractivity (Wildman–Crippen MR) is 91.7 cm³/mol. The molecule has 0 radical (unpaired) electrons. The molecule has 4 nitrogen and oxygen atoms in total. The topological polar surface area (TPSA) is 38.8 Å². The first-order valence-corrected chi connectivity index (χ1v) is 8.54. The second-order valence-corrected chi connectivity index (χ2v) is 6.53. The van der Waals surface area contributed by atoms with E-state index in [4.69, 9.17) is 9.47 Å². The summed E-state index contributed by atoms with van der Waals surface area (Å²) in [7, 11) is 3.19. The lowest BCUT2D eigenvalue weighted by atomic mass is 10.1. The van der Waals surface area contributed by atoms with Gasteiger partial charge in [-0.1, -0.05) is 12.1 Å². The third-order valence-electron chi connectivity index (χ3n) is 3.87. The SMILES string of the molecule is COc1cc(OC)cc(C2SCC(=O)N2Cc2cccc(F)c2)c1. The fourth-order valence-electron chi connectivity index (χ4n) is 2.71. The van der Waals surface area contributed by atoms with Crippen LogP contribution in [0.3, 0.4) is 0 Å². The molecule has 0 aliphatic carbocycles. The first-order chi connectivity index (χ1) is 11.6. The molecule has 1 unspecified atom stereocenters. The second-order valence-electron chi connectivity index (χ2n) is 5.46. The van der Waals surface area contributed by atoms with E-state index in [0.717, 1.165) is 11.1 Å². The first kappa shape index (κ1) is 16.6. The predicted octanol–water partition coefficient (Wildman–Crippen LogP) is 3.62. The Hall–Kier alpha value is -2.21. The van der Waals surface area contributed by atoms with Gasteiger partial charge in [0.2, 0.25) is 5.91 Å². The van der Waals surface area contributed by atoms with Crippen LogP contribution in [0.5, 0.6) is 11.5 Å². The van der Waals surface area contributed by atoms with E-state index in [9.17, 15) is 9.18 Å². The molecule has 126 valence electrons. The van der Waals surface area contributed by atoms with Crippen molar-refractivity contribution in [3.63, 3.8) is 0 Å². The fourth-order valence-corrected chi connectivity index (χ4v) is 3.87. The number of hydrogen-bond acceptors (Lipinski definition) is 4. The van der Waals surface area contributed by atoms with Gasteiger partial charge in [-0.05, 0) is 35.4 Å². The Morgan fingerprint density at radius 2 is 1.88 bits per heavy atom. The van der Waals surface area contributed by atoms with Crippen LogP contribution < -0.4 is 9.47 Å². The second kappa shape index (κ2) is 7.13. The molecule has 1 heterocycles. The maximum Gasteiger partial charge on any atom is 0.234 e. The number of thioether (sulfide) groups is 1. The van der Waals surface area contributed by atoms with Crippen LogP contribution in [0.25, 0.3) is 0 Å². The molecule has 24 heavy (non-hydrogen) atoms. The monoisotopic (exact) mass is 347 g/mol. The van der Waals surface area contributed by atoms with Crippen molar-refractivity contribution in [2.75, 3.05) is 20.0 Å². The number of halogens is 1. The number of nitrogens with zero attached hydrogens (tertiary/aromatic N) is 1. The first-order valence-electron chi connectivity index (χ1n) is 7.49. The van der Waals surface area contributed by atoms with Gasteiger partial charge in [-0.25, -0.2) is 4.39 Å². The summed E-state index contributed by atoms with van der Waals surface area (Å²) in [4.78, 5) is 14.1. The van der Waals surface area contributed by atoms with E-state index < -0.39 is 0 Å². The maximum absolute atomic E-state index is 13.4. The maximum atomic E-state index is 13.4. The largest absolute Gasteiger partial charge is 0.497 e. The number of hydrogen-bond donors (Lipinski definition) is 0. The molecule has 2 aromatic carbocycles. The van der Waals surface area contributed by atoms with Gasteiger partial charge in [-0.2, -0.15) is 0 Å². The average Bonchev–Trinajstić information content (AvgIpc) is 2.95. The molecule has 6 heteroatoms. The number of benzene rings is 2. The third kappa shape index (κ3) is 3.48. The summed E-state index contributed by atoms with van der Waals surface area (Å²) in [6, 6.07) is 11.9. The Labute approximate surface area is 144 Å². The lowest BCUT2D eigenvalue weighted by Gasteiger charge is -2.25. The van der Waals surface area contributed by atoms with Crippen LogP contribution >= 0.6 is 11.8 Å². The van der Waals surface area contributed by atoms with Crippen molar-refractivity contribution >= 4 is 17.7 Å².